The van der Waals surface area contributed by atoms with Gasteiger partial charge >= 0.3 is 0 Å². The van der Waals surface area contributed by atoms with Crippen molar-refractivity contribution in [3.05, 3.63) is 35.1 Å². The standard InChI is InChI=1S/C12H18FNO2/c1-9-3-4-10(7-11(9)13)12(8-15)14-5-6-16-2/h3-4,7,12,14-15H,5-6,8H2,1-2H3. The van der Waals surface area contributed by atoms with Crippen molar-refractivity contribution >= 4 is 0 Å². The second-order valence-corrected chi connectivity index (χ2v) is 3.69. The molecule has 1 aromatic rings. The molecular weight excluding hydrogens is 209 g/mol. The zero-order valence-corrected chi connectivity index (χ0v) is 9.66. The maximum Gasteiger partial charge on any atom is 0.126 e. The van der Waals surface area contributed by atoms with Crippen molar-refractivity contribution in [2.45, 2.75) is 13.0 Å². The van der Waals surface area contributed by atoms with Gasteiger partial charge in [0.05, 0.1) is 19.3 Å². The zero-order chi connectivity index (χ0) is 12.0. The molecule has 0 heterocycles. The SMILES string of the molecule is COCCNC(CO)c1ccc(C)c(F)c1. The molecule has 0 amide bonds. The Morgan fingerprint density at radius 3 is 2.81 bits per heavy atom. The van der Waals surface area contributed by atoms with Gasteiger partial charge in [0.15, 0.2) is 0 Å². The minimum Gasteiger partial charge on any atom is -0.394 e. The average molecular weight is 227 g/mol. The fourth-order valence-corrected chi connectivity index (χ4v) is 1.45. The molecule has 0 bridgehead atoms. The molecule has 0 spiro atoms. The van der Waals surface area contributed by atoms with Crippen molar-refractivity contribution in [2.24, 2.45) is 0 Å². The average Bonchev–Trinajstić information content (AvgIpc) is 2.29. The van der Waals surface area contributed by atoms with Gasteiger partial charge in [0.25, 0.3) is 0 Å². The van der Waals surface area contributed by atoms with E-state index < -0.39 is 0 Å². The maximum atomic E-state index is 13.3. The van der Waals surface area contributed by atoms with E-state index in [2.05, 4.69) is 5.32 Å². The maximum absolute atomic E-state index is 13.3. The first-order valence-electron chi connectivity index (χ1n) is 5.28. The summed E-state index contributed by atoms with van der Waals surface area (Å²) < 4.78 is 18.2. The van der Waals surface area contributed by atoms with Crippen molar-refractivity contribution in [3.63, 3.8) is 0 Å². The number of hydrogen-bond acceptors (Lipinski definition) is 3. The molecule has 16 heavy (non-hydrogen) atoms. The Kier molecular flexibility index (Phi) is 5.38. The highest BCUT2D eigenvalue weighted by molar-refractivity contribution is 5.25. The smallest absolute Gasteiger partial charge is 0.126 e. The minimum absolute atomic E-state index is 0.0633. The predicted molar refractivity (Wildman–Crippen MR) is 60.8 cm³/mol. The second kappa shape index (κ2) is 6.58. The van der Waals surface area contributed by atoms with Crippen LogP contribution < -0.4 is 5.32 Å². The Hall–Kier alpha value is -0.970. The lowest BCUT2D eigenvalue weighted by Crippen LogP contribution is -2.27. The van der Waals surface area contributed by atoms with Gasteiger partial charge in [0.1, 0.15) is 5.82 Å². The van der Waals surface area contributed by atoms with E-state index >= 15 is 0 Å². The molecule has 0 aromatic heterocycles. The van der Waals surface area contributed by atoms with Crippen molar-refractivity contribution in [1.82, 2.24) is 5.32 Å². The lowest BCUT2D eigenvalue weighted by Gasteiger charge is -2.16. The van der Waals surface area contributed by atoms with Crippen LogP contribution in [0.2, 0.25) is 0 Å². The van der Waals surface area contributed by atoms with Crippen LogP contribution in [-0.4, -0.2) is 32.0 Å². The molecule has 3 nitrogen and oxygen atoms in total. The molecular formula is C12H18FNO2. The molecule has 0 fully saturated rings. The Balaban J connectivity index is 2.67. The van der Waals surface area contributed by atoms with E-state index in [0.29, 0.717) is 18.7 Å². The fraction of sp³-hybridized carbons (Fsp3) is 0.500. The van der Waals surface area contributed by atoms with Gasteiger partial charge in [0, 0.05) is 13.7 Å². The highest BCUT2D eigenvalue weighted by Gasteiger charge is 2.10. The first kappa shape index (κ1) is 13.1. The second-order valence-electron chi connectivity index (χ2n) is 3.69. The van der Waals surface area contributed by atoms with E-state index in [1.54, 1.807) is 20.1 Å². The number of hydrogen-bond donors (Lipinski definition) is 2. The Morgan fingerprint density at radius 2 is 2.25 bits per heavy atom. The molecule has 1 rings (SSSR count). The number of halogens is 1. The van der Waals surface area contributed by atoms with Crippen LogP contribution in [0.3, 0.4) is 0 Å². The molecule has 0 saturated carbocycles. The van der Waals surface area contributed by atoms with Crippen LogP contribution in [0, 0.1) is 12.7 Å². The van der Waals surface area contributed by atoms with Crippen molar-refractivity contribution < 1.29 is 14.2 Å². The summed E-state index contributed by atoms with van der Waals surface area (Å²) in [5.74, 6) is -0.246. The van der Waals surface area contributed by atoms with Gasteiger partial charge in [-0.2, -0.15) is 0 Å². The van der Waals surface area contributed by atoms with Gasteiger partial charge in [-0.3, -0.25) is 0 Å². The third-order valence-electron chi connectivity index (χ3n) is 2.48. The molecule has 4 heteroatoms. The highest BCUT2D eigenvalue weighted by atomic mass is 19.1. The van der Waals surface area contributed by atoms with Crippen LogP contribution in [0.5, 0.6) is 0 Å². The quantitative estimate of drug-likeness (QED) is 0.722. The minimum atomic E-state index is -0.246. The molecule has 2 N–H and O–H groups in total. The van der Waals surface area contributed by atoms with Crippen molar-refractivity contribution in [2.75, 3.05) is 26.9 Å². The summed E-state index contributed by atoms with van der Waals surface area (Å²) in [4.78, 5) is 0. The Bertz CT molecular complexity index is 331. The number of rotatable bonds is 6. The number of ether oxygens (including phenoxy) is 1. The van der Waals surface area contributed by atoms with Crippen LogP contribution >= 0.6 is 0 Å². The van der Waals surface area contributed by atoms with Crippen LogP contribution in [-0.2, 0) is 4.74 Å². The molecule has 0 aliphatic heterocycles. The Morgan fingerprint density at radius 1 is 1.50 bits per heavy atom. The lowest BCUT2D eigenvalue weighted by molar-refractivity contribution is 0.184. The third kappa shape index (κ3) is 3.56. The van der Waals surface area contributed by atoms with Gasteiger partial charge in [-0.05, 0) is 24.1 Å². The van der Waals surface area contributed by atoms with Crippen molar-refractivity contribution in [3.8, 4) is 0 Å². The topological polar surface area (TPSA) is 41.5 Å². The van der Waals surface area contributed by atoms with Crippen LogP contribution in [0.15, 0.2) is 18.2 Å². The summed E-state index contributed by atoms with van der Waals surface area (Å²) in [5, 5.41) is 12.3. The molecule has 1 aromatic carbocycles. The first-order valence-corrected chi connectivity index (χ1v) is 5.28. The number of aliphatic hydroxyl groups excluding tert-OH is 1. The molecule has 1 unspecified atom stereocenters. The van der Waals surface area contributed by atoms with Crippen LogP contribution in [0.25, 0.3) is 0 Å². The van der Waals surface area contributed by atoms with E-state index in [9.17, 15) is 9.50 Å². The summed E-state index contributed by atoms with van der Waals surface area (Å²) in [7, 11) is 1.61. The molecule has 0 radical (unpaired) electrons. The van der Waals surface area contributed by atoms with Gasteiger partial charge in [-0.1, -0.05) is 12.1 Å². The highest BCUT2D eigenvalue weighted by Crippen LogP contribution is 2.16. The van der Waals surface area contributed by atoms with E-state index in [0.717, 1.165) is 5.56 Å². The van der Waals surface area contributed by atoms with Gasteiger partial charge < -0.3 is 15.2 Å². The summed E-state index contributed by atoms with van der Waals surface area (Å²) in [6, 6.07) is 4.74. The fourth-order valence-electron chi connectivity index (χ4n) is 1.45. The summed E-state index contributed by atoms with van der Waals surface area (Å²) in [6.45, 7) is 2.83. The van der Waals surface area contributed by atoms with Gasteiger partial charge in [-0.25, -0.2) is 4.39 Å². The normalized spacial score (nSPS) is 12.8. The number of nitrogens with one attached hydrogen (secondary N) is 1. The number of aryl methyl sites for hydroxylation is 1. The van der Waals surface area contributed by atoms with E-state index in [4.69, 9.17) is 4.74 Å². The summed E-state index contributed by atoms with van der Waals surface area (Å²) in [6.07, 6.45) is 0. The van der Waals surface area contributed by atoms with Crippen LogP contribution in [0.1, 0.15) is 17.2 Å². The van der Waals surface area contributed by atoms with E-state index in [1.165, 1.54) is 6.07 Å². The lowest BCUT2D eigenvalue weighted by atomic mass is 10.1. The number of benzene rings is 1. The molecule has 0 aliphatic carbocycles. The van der Waals surface area contributed by atoms with E-state index in [1.807, 2.05) is 6.07 Å². The van der Waals surface area contributed by atoms with E-state index in [-0.39, 0.29) is 18.5 Å². The first-order chi connectivity index (χ1) is 7.69. The number of methoxy groups -OCH3 is 1. The monoisotopic (exact) mass is 227 g/mol. The largest absolute Gasteiger partial charge is 0.394 e. The molecule has 0 aliphatic rings. The van der Waals surface area contributed by atoms with Crippen molar-refractivity contribution in [1.29, 1.82) is 0 Å². The zero-order valence-electron chi connectivity index (χ0n) is 9.66. The van der Waals surface area contributed by atoms with Crippen LogP contribution in [0.4, 0.5) is 4.39 Å². The van der Waals surface area contributed by atoms with Gasteiger partial charge in [-0.15, -0.1) is 0 Å². The number of aliphatic hydroxyl groups is 1. The predicted octanol–water partition coefficient (Wildman–Crippen LogP) is 1.40. The molecule has 90 valence electrons. The van der Waals surface area contributed by atoms with Gasteiger partial charge in [0.2, 0.25) is 0 Å². The summed E-state index contributed by atoms with van der Waals surface area (Å²) in [5.41, 5.74) is 1.36. The summed E-state index contributed by atoms with van der Waals surface area (Å²) >= 11 is 0. The molecule has 0 saturated heterocycles. The third-order valence-corrected chi connectivity index (χ3v) is 2.48. The molecule has 1 atom stereocenters. The Labute approximate surface area is 95.2 Å².